The number of rotatable bonds is 2. The molecule has 0 bridgehead atoms. The van der Waals surface area contributed by atoms with Gasteiger partial charge in [-0.2, -0.15) is 0 Å². The third-order valence-electron chi connectivity index (χ3n) is 3.28. The maximum atomic E-state index is 5.63. The van der Waals surface area contributed by atoms with Crippen molar-refractivity contribution in [1.82, 2.24) is 19.4 Å². The minimum absolute atomic E-state index is 0.659. The molecule has 0 spiro atoms. The van der Waals surface area contributed by atoms with Gasteiger partial charge < -0.3 is 4.42 Å². The number of hydrogen-bond donors (Lipinski definition) is 0. The molecule has 0 aliphatic heterocycles. The number of fused-ring (bicyclic) bond motifs is 1. The van der Waals surface area contributed by atoms with Crippen LogP contribution in [0.15, 0.2) is 40.4 Å². The Balaban J connectivity index is 1.83. The minimum atomic E-state index is 0.659. The molecule has 0 aromatic carbocycles. The predicted octanol–water partition coefficient (Wildman–Crippen LogP) is 3.73. The van der Waals surface area contributed by atoms with Crippen LogP contribution < -0.4 is 0 Å². The van der Waals surface area contributed by atoms with Crippen molar-refractivity contribution >= 4 is 17.0 Å². The zero-order chi connectivity index (χ0) is 14.4. The van der Waals surface area contributed by atoms with Gasteiger partial charge in [-0.3, -0.25) is 4.40 Å². The molecule has 0 unspecified atom stereocenters. The van der Waals surface area contributed by atoms with Gasteiger partial charge in [0.25, 0.3) is 0 Å². The van der Waals surface area contributed by atoms with Crippen LogP contribution in [0.4, 0.5) is 0 Å². The van der Waals surface area contributed by atoms with Crippen LogP contribution in [-0.2, 0) is 0 Å². The summed E-state index contributed by atoms with van der Waals surface area (Å²) in [6.07, 6.45) is 3.83. The highest BCUT2D eigenvalue weighted by molar-refractivity contribution is 7.13. The molecule has 0 fully saturated rings. The molecule has 0 aliphatic carbocycles. The van der Waals surface area contributed by atoms with Crippen molar-refractivity contribution in [2.24, 2.45) is 0 Å². The normalized spacial score (nSPS) is 11.3. The van der Waals surface area contributed by atoms with Crippen molar-refractivity contribution in [3.05, 3.63) is 47.6 Å². The average Bonchev–Trinajstić information content (AvgIpc) is 3.16. The van der Waals surface area contributed by atoms with E-state index in [1.807, 2.05) is 54.2 Å². The molecule has 0 aliphatic rings. The van der Waals surface area contributed by atoms with E-state index >= 15 is 0 Å². The Morgan fingerprint density at radius 2 is 2.10 bits per heavy atom. The van der Waals surface area contributed by atoms with Crippen LogP contribution in [0, 0.1) is 13.8 Å². The maximum absolute atomic E-state index is 5.63. The van der Waals surface area contributed by atoms with Crippen molar-refractivity contribution in [3.63, 3.8) is 0 Å². The van der Waals surface area contributed by atoms with Gasteiger partial charge in [-0.25, -0.2) is 15.0 Å². The Kier molecular flexibility index (Phi) is 2.65. The van der Waals surface area contributed by atoms with Crippen LogP contribution >= 0.6 is 11.3 Å². The molecule has 0 radical (unpaired) electrons. The Labute approximate surface area is 124 Å². The lowest BCUT2D eigenvalue weighted by Crippen LogP contribution is -1.86. The van der Waals surface area contributed by atoms with Crippen LogP contribution in [0.1, 0.15) is 11.6 Å². The molecular formula is C15H12N4OS. The molecule has 104 valence electrons. The number of hydrogen-bond acceptors (Lipinski definition) is 5. The molecule has 4 heterocycles. The number of aromatic nitrogens is 4. The van der Waals surface area contributed by atoms with Crippen LogP contribution in [0.3, 0.4) is 0 Å². The number of oxazole rings is 1. The topological polar surface area (TPSA) is 56.2 Å². The van der Waals surface area contributed by atoms with Crippen molar-refractivity contribution < 1.29 is 4.42 Å². The van der Waals surface area contributed by atoms with E-state index in [4.69, 9.17) is 4.42 Å². The van der Waals surface area contributed by atoms with Gasteiger partial charge in [0.05, 0.1) is 11.9 Å². The summed E-state index contributed by atoms with van der Waals surface area (Å²) in [6.45, 7) is 3.77. The van der Waals surface area contributed by atoms with Gasteiger partial charge in [-0.1, -0.05) is 6.07 Å². The lowest BCUT2D eigenvalue weighted by atomic mass is 10.3. The van der Waals surface area contributed by atoms with Gasteiger partial charge in [0.15, 0.2) is 11.7 Å². The summed E-state index contributed by atoms with van der Waals surface area (Å²) in [6, 6.07) is 5.93. The maximum Gasteiger partial charge on any atom is 0.192 e. The molecule has 5 nitrogen and oxygen atoms in total. The van der Waals surface area contributed by atoms with Crippen LogP contribution in [-0.4, -0.2) is 19.4 Å². The fourth-order valence-electron chi connectivity index (χ4n) is 2.36. The number of imidazole rings is 1. The first kappa shape index (κ1) is 12.3. The van der Waals surface area contributed by atoms with E-state index in [9.17, 15) is 0 Å². The highest BCUT2D eigenvalue weighted by atomic mass is 32.1. The molecule has 0 saturated heterocycles. The van der Waals surface area contributed by atoms with Gasteiger partial charge in [-0.15, -0.1) is 11.3 Å². The van der Waals surface area contributed by atoms with Crippen molar-refractivity contribution in [2.75, 3.05) is 0 Å². The standard InChI is InChI=1S/C15H12N4OS/c1-9-14(20-10(2)17-9)11-8-21-15(18-11)12-7-16-13-5-3-4-6-19(12)13/h3-8H,1-2H3. The summed E-state index contributed by atoms with van der Waals surface area (Å²) in [4.78, 5) is 13.4. The van der Waals surface area contributed by atoms with Crippen molar-refractivity contribution in [2.45, 2.75) is 13.8 Å². The molecule has 6 heteroatoms. The highest BCUT2D eigenvalue weighted by Gasteiger charge is 2.15. The zero-order valence-corrected chi connectivity index (χ0v) is 12.4. The molecule has 4 rings (SSSR count). The Morgan fingerprint density at radius 1 is 1.19 bits per heavy atom. The quantitative estimate of drug-likeness (QED) is 0.565. The van der Waals surface area contributed by atoms with Crippen LogP contribution in [0.5, 0.6) is 0 Å². The third-order valence-corrected chi connectivity index (χ3v) is 4.14. The largest absolute Gasteiger partial charge is 0.439 e. The number of aryl methyl sites for hydroxylation is 2. The summed E-state index contributed by atoms with van der Waals surface area (Å²) in [5.74, 6) is 1.40. The van der Waals surface area contributed by atoms with E-state index in [0.29, 0.717) is 5.89 Å². The second-order valence-corrected chi connectivity index (χ2v) is 5.62. The monoisotopic (exact) mass is 296 g/mol. The SMILES string of the molecule is Cc1nc(C)c(-c2csc(-c3cnc4ccccn34)n2)o1. The minimum Gasteiger partial charge on any atom is -0.439 e. The molecule has 0 amide bonds. The summed E-state index contributed by atoms with van der Waals surface area (Å²) in [7, 11) is 0. The summed E-state index contributed by atoms with van der Waals surface area (Å²) < 4.78 is 7.66. The van der Waals surface area contributed by atoms with Gasteiger partial charge >= 0.3 is 0 Å². The second kappa shape index (κ2) is 4.53. The van der Waals surface area contributed by atoms with E-state index in [-0.39, 0.29) is 0 Å². The number of thiazole rings is 1. The molecule has 0 saturated carbocycles. The van der Waals surface area contributed by atoms with E-state index in [1.54, 1.807) is 11.3 Å². The first-order valence-electron chi connectivity index (χ1n) is 6.55. The third kappa shape index (κ3) is 1.95. The van der Waals surface area contributed by atoms with Crippen molar-refractivity contribution in [1.29, 1.82) is 0 Å². The van der Waals surface area contributed by atoms with Gasteiger partial charge in [0.2, 0.25) is 0 Å². The zero-order valence-electron chi connectivity index (χ0n) is 11.6. The van der Waals surface area contributed by atoms with E-state index in [1.165, 1.54) is 0 Å². The average molecular weight is 296 g/mol. The second-order valence-electron chi connectivity index (χ2n) is 4.76. The molecule has 21 heavy (non-hydrogen) atoms. The first-order chi connectivity index (χ1) is 10.2. The van der Waals surface area contributed by atoms with Gasteiger partial charge in [0, 0.05) is 18.5 Å². The molecule has 0 atom stereocenters. The number of nitrogens with zero attached hydrogens (tertiary/aromatic N) is 4. The summed E-state index contributed by atoms with van der Waals surface area (Å²) in [5.41, 5.74) is 3.58. The highest BCUT2D eigenvalue weighted by Crippen LogP contribution is 2.31. The van der Waals surface area contributed by atoms with Crippen LogP contribution in [0.2, 0.25) is 0 Å². The molecule has 0 N–H and O–H groups in total. The molecule has 4 aromatic heterocycles. The van der Waals surface area contributed by atoms with E-state index < -0.39 is 0 Å². The number of pyridine rings is 1. The Hall–Kier alpha value is -2.47. The fraction of sp³-hybridized carbons (Fsp3) is 0.133. The van der Waals surface area contributed by atoms with Crippen molar-refractivity contribution in [3.8, 4) is 22.2 Å². The predicted molar refractivity (Wildman–Crippen MR) is 81.3 cm³/mol. The smallest absolute Gasteiger partial charge is 0.192 e. The van der Waals surface area contributed by atoms with E-state index in [2.05, 4.69) is 15.0 Å². The Bertz CT molecular complexity index is 934. The summed E-state index contributed by atoms with van der Waals surface area (Å²) in [5, 5.41) is 2.90. The van der Waals surface area contributed by atoms with Gasteiger partial charge in [0.1, 0.15) is 22.0 Å². The van der Waals surface area contributed by atoms with Gasteiger partial charge in [-0.05, 0) is 19.1 Å². The lowest BCUT2D eigenvalue weighted by Gasteiger charge is -1.96. The molecular weight excluding hydrogens is 284 g/mol. The van der Waals surface area contributed by atoms with Crippen LogP contribution in [0.25, 0.3) is 27.8 Å². The molecule has 4 aromatic rings. The first-order valence-corrected chi connectivity index (χ1v) is 7.43. The fourth-order valence-corrected chi connectivity index (χ4v) is 3.16. The lowest BCUT2D eigenvalue weighted by molar-refractivity contribution is 0.532. The summed E-state index contributed by atoms with van der Waals surface area (Å²) >= 11 is 1.58. The van der Waals surface area contributed by atoms with E-state index in [0.717, 1.165) is 33.5 Å². The Morgan fingerprint density at radius 3 is 2.90 bits per heavy atom.